The van der Waals surface area contributed by atoms with E-state index in [1.54, 1.807) is 21.8 Å². The van der Waals surface area contributed by atoms with E-state index in [4.69, 9.17) is 0 Å². The molecule has 0 radical (unpaired) electrons. The molecule has 0 aliphatic carbocycles. The molecular formula is C15H13BrN4O. The zero-order chi connectivity index (χ0) is 15.0. The molecule has 3 aromatic rings. The lowest BCUT2D eigenvalue weighted by Crippen LogP contribution is -1.97. The Morgan fingerprint density at radius 1 is 1.29 bits per heavy atom. The predicted molar refractivity (Wildman–Crippen MR) is 83.6 cm³/mol. The quantitative estimate of drug-likeness (QED) is 0.685. The molecule has 3 rings (SSSR count). The van der Waals surface area contributed by atoms with Crippen molar-refractivity contribution in [2.75, 3.05) is 0 Å². The van der Waals surface area contributed by atoms with Crippen molar-refractivity contribution in [1.29, 1.82) is 0 Å². The fourth-order valence-electron chi connectivity index (χ4n) is 2.24. The van der Waals surface area contributed by atoms with E-state index >= 15 is 0 Å². The molecule has 21 heavy (non-hydrogen) atoms. The van der Waals surface area contributed by atoms with Gasteiger partial charge in [-0.3, -0.25) is 9.48 Å². The second-order valence-corrected chi connectivity index (χ2v) is 5.74. The lowest BCUT2D eigenvalue weighted by atomic mass is 10.2. The first-order chi connectivity index (χ1) is 10.1. The Labute approximate surface area is 130 Å². The summed E-state index contributed by atoms with van der Waals surface area (Å²) in [7, 11) is 1.83. The first-order valence-electron chi connectivity index (χ1n) is 6.39. The lowest BCUT2D eigenvalue weighted by molar-refractivity contribution is 0.112. The number of rotatable bonds is 3. The van der Waals surface area contributed by atoms with Gasteiger partial charge >= 0.3 is 0 Å². The van der Waals surface area contributed by atoms with Crippen LogP contribution in [0.5, 0.6) is 0 Å². The van der Waals surface area contributed by atoms with Gasteiger partial charge in [0, 0.05) is 29.5 Å². The van der Waals surface area contributed by atoms with E-state index < -0.39 is 0 Å². The molecule has 0 aliphatic rings. The van der Waals surface area contributed by atoms with E-state index in [1.807, 2.05) is 38.4 Å². The van der Waals surface area contributed by atoms with Gasteiger partial charge in [0.15, 0.2) is 6.29 Å². The van der Waals surface area contributed by atoms with Crippen LogP contribution in [0.1, 0.15) is 15.9 Å². The van der Waals surface area contributed by atoms with Gasteiger partial charge in [0.05, 0.1) is 17.4 Å². The second-order valence-electron chi connectivity index (χ2n) is 4.83. The van der Waals surface area contributed by atoms with E-state index in [1.165, 1.54) is 0 Å². The van der Waals surface area contributed by atoms with E-state index in [2.05, 4.69) is 26.1 Å². The fraction of sp³-hybridized carbons (Fsp3) is 0.133. The molecule has 0 unspecified atom stereocenters. The monoisotopic (exact) mass is 344 g/mol. The second kappa shape index (κ2) is 5.29. The Bertz CT molecular complexity index is 819. The summed E-state index contributed by atoms with van der Waals surface area (Å²) in [5.41, 5.74) is 4.03. The van der Waals surface area contributed by atoms with Crippen molar-refractivity contribution in [3.63, 3.8) is 0 Å². The highest BCUT2D eigenvalue weighted by atomic mass is 79.9. The van der Waals surface area contributed by atoms with Crippen LogP contribution < -0.4 is 0 Å². The molecule has 0 atom stereocenters. The molecule has 2 aromatic heterocycles. The lowest BCUT2D eigenvalue weighted by Gasteiger charge is -2.05. The van der Waals surface area contributed by atoms with Crippen LogP contribution in [0.15, 0.2) is 41.3 Å². The summed E-state index contributed by atoms with van der Waals surface area (Å²) in [5, 5.41) is 8.67. The number of aromatic nitrogens is 4. The number of aryl methyl sites for hydroxylation is 2. The van der Waals surface area contributed by atoms with Crippen molar-refractivity contribution in [2.24, 2.45) is 7.05 Å². The molecule has 0 saturated heterocycles. The van der Waals surface area contributed by atoms with Gasteiger partial charge in [-0.05, 0) is 30.7 Å². The third-order valence-electron chi connectivity index (χ3n) is 3.25. The first kappa shape index (κ1) is 13.8. The Hall–Kier alpha value is -2.21. The molecule has 0 N–H and O–H groups in total. The first-order valence-corrected chi connectivity index (χ1v) is 7.18. The topological polar surface area (TPSA) is 52.7 Å². The maximum atomic E-state index is 11.3. The SMILES string of the molecule is Cc1cc(Br)ccc1-n1cc(C=O)c(-c2cnn(C)c2)n1. The average molecular weight is 345 g/mol. The van der Waals surface area contributed by atoms with Crippen LogP contribution in [-0.4, -0.2) is 25.8 Å². The summed E-state index contributed by atoms with van der Waals surface area (Å²) >= 11 is 3.44. The van der Waals surface area contributed by atoms with Crippen molar-refractivity contribution < 1.29 is 4.79 Å². The smallest absolute Gasteiger partial charge is 0.153 e. The van der Waals surface area contributed by atoms with Crippen molar-refractivity contribution in [3.8, 4) is 16.9 Å². The van der Waals surface area contributed by atoms with Gasteiger partial charge < -0.3 is 0 Å². The normalized spacial score (nSPS) is 10.8. The zero-order valence-electron chi connectivity index (χ0n) is 11.6. The zero-order valence-corrected chi connectivity index (χ0v) is 13.2. The van der Waals surface area contributed by atoms with Gasteiger partial charge in [0.25, 0.3) is 0 Å². The molecule has 0 fully saturated rings. The molecule has 6 heteroatoms. The summed E-state index contributed by atoms with van der Waals surface area (Å²) in [6.45, 7) is 2.01. The van der Waals surface area contributed by atoms with E-state index in [-0.39, 0.29) is 0 Å². The highest BCUT2D eigenvalue weighted by molar-refractivity contribution is 9.10. The third kappa shape index (κ3) is 2.54. The van der Waals surface area contributed by atoms with Gasteiger partial charge in [0.2, 0.25) is 0 Å². The van der Waals surface area contributed by atoms with Crippen molar-refractivity contribution in [1.82, 2.24) is 19.6 Å². The summed E-state index contributed by atoms with van der Waals surface area (Å²) in [6, 6.07) is 5.93. The third-order valence-corrected chi connectivity index (χ3v) is 3.75. The predicted octanol–water partition coefficient (Wildman–Crippen LogP) is 3.16. The Kier molecular flexibility index (Phi) is 3.47. The Morgan fingerprint density at radius 2 is 2.10 bits per heavy atom. The number of hydrogen-bond acceptors (Lipinski definition) is 3. The molecule has 0 aliphatic heterocycles. The van der Waals surface area contributed by atoms with Crippen LogP contribution in [0, 0.1) is 6.92 Å². The van der Waals surface area contributed by atoms with Crippen LogP contribution >= 0.6 is 15.9 Å². The summed E-state index contributed by atoms with van der Waals surface area (Å²) < 4.78 is 4.43. The minimum absolute atomic E-state index is 0.547. The number of carbonyl (C=O) groups is 1. The van der Waals surface area contributed by atoms with Gasteiger partial charge in [0.1, 0.15) is 5.69 Å². The molecule has 0 bridgehead atoms. The number of carbonyl (C=O) groups excluding carboxylic acids is 1. The van der Waals surface area contributed by atoms with Crippen LogP contribution in [0.2, 0.25) is 0 Å². The molecule has 5 nitrogen and oxygen atoms in total. The molecule has 0 amide bonds. The van der Waals surface area contributed by atoms with Crippen molar-refractivity contribution in [2.45, 2.75) is 6.92 Å². The Balaban J connectivity index is 2.13. The maximum absolute atomic E-state index is 11.3. The highest BCUT2D eigenvalue weighted by Gasteiger charge is 2.14. The maximum Gasteiger partial charge on any atom is 0.153 e. The van der Waals surface area contributed by atoms with Gasteiger partial charge in [-0.1, -0.05) is 15.9 Å². The largest absolute Gasteiger partial charge is 0.298 e. The van der Waals surface area contributed by atoms with Gasteiger partial charge in [-0.15, -0.1) is 0 Å². The molecule has 0 spiro atoms. The Morgan fingerprint density at radius 3 is 2.71 bits per heavy atom. The summed E-state index contributed by atoms with van der Waals surface area (Å²) in [6.07, 6.45) is 6.10. The van der Waals surface area contributed by atoms with Crippen LogP contribution in [0.3, 0.4) is 0 Å². The van der Waals surface area contributed by atoms with Crippen molar-refractivity contribution >= 4 is 22.2 Å². The molecule has 0 saturated carbocycles. The van der Waals surface area contributed by atoms with E-state index in [0.717, 1.165) is 27.6 Å². The molecule has 1 aromatic carbocycles. The standard InChI is InChI=1S/C15H13BrN4O/c1-10-5-13(16)3-4-14(10)20-8-12(9-21)15(18-20)11-6-17-19(2)7-11/h3-9H,1-2H3. The average Bonchev–Trinajstić information content (AvgIpc) is 3.04. The number of nitrogens with zero attached hydrogens (tertiary/aromatic N) is 4. The summed E-state index contributed by atoms with van der Waals surface area (Å²) in [4.78, 5) is 11.3. The van der Waals surface area contributed by atoms with Gasteiger partial charge in [-0.25, -0.2) is 4.68 Å². The minimum Gasteiger partial charge on any atom is -0.298 e. The van der Waals surface area contributed by atoms with Crippen LogP contribution in [-0.2, 0) is 7.05 Å². The fourth-order valence-corrected chi connectivity index (χ4v) is 2.72. The molecule has 2 heterocycles. The number of benzene rings is 1. The van der Waals surface area contributed by atoms with E-state index in [0.29, 0.717) is 11.3 Å². The molecule has 106 valence electrons. The minimum atomic E-state index is 0.547. The van der Waals surface area contributed by atoms with Gasteiger partial charge in [-0.2, -0.15) is 10.2 Å². The molecular weight excluding hydrogens is 332 g/mol. The number of hydrogen-bond donors (Lipinski definition) is 0. The number of aldehydes is 1. The summed E-state index contributed by atoms with van der Waals surface area (Å²) in [5.74, 6) is 0. The highest BCUT2D eigenvalue weighted by Crippen LogP contribution is 2.24. The van der Waals surface area contributed by atoms with Crippen molar-refractivity contribution in [3.05, 3.63) is 52.4 Å². The van der Waals surface area contributed by atoms with Crippen LogP contribution in [0.4, 0.5) is 0 Å². The van der Waals surface area contributed by atoms with E-state index in [9.17, 15) is 4.79 Å². The number of halogens is 1. The van der Waals surface area contributed by atoms with Crippen LogP contribution in [0.25, 0.3) is 16.9 Å².